The Morgan fingerprint density at radius 2 is 0.846 bits per heavy atom. The Balaban J connectivity index is 0.904. The van der Waals surface area contributed by atoms with Gasteiger partial charge in [0.1, 0.15) is 11.2 Å². The first-order valence-corrected chi connectivity index (χ1v) is 22.4. The second kappa shape index (κ2) is 14.8. The summed E-state index contributed by atoms with van der Waals surface area (Å²) in [6.07, 6.45) is 0. The molecule has 0 bridgehead atoms. The van der Waals surface area contributed by atoms with Gasteiger partial charge in [-0.15, -0.1) is 0 Å². The van der Waals surface area contributed by atoms with E-state index < -0.39 is 5.41 Å². The third-order valence-electron chi connectivity index (χ3n) is 13.7. The van der Waals surface area contributed by atoms with Crippen molar-refractivity contribution >= 4 is 60.5 Å². The molecule has 12 aromatic rings. The average Bonchev–Trinajstić information content (AvgIpc) is 3.92. The normalized spacial score (nSPS) is 12.7. The van der Waals surface area contributed by atoms with Crippen LogP contribution in [0.5, 0.6) is 0 Å². The van der Waals surface area contributed by atoms with Gasteiger partial charge in [0.15, 0.2) is 0 Å². The van der Waals surface area contributed by atoms with Gasteiger partial charge in [0, 0.05) is 33.4 Å². The lowest BCUT2D eigenvalue weighted by Crippen LogP contribution is -2.28. The van der Waals surface area contributed by atoms with Crippen LogP contribution in [-0.4, -0.2) is 0 Å². The zero-order valence-corrected chi connectivity index (χ0v) is 35.5. The van der Waals surface area contributed by atoms with Crippen molar-refractivity contribution in [2.24, 2.45) is 0 Å². The van der Waals surface area contributed by atoms with Crippen molar-refractivity contribution in [2.45, 2.75) is 5.41 Å². The molecule has 0 unspecified atom stereocenters. The Labute approximate surface area is 377 Å². The fraction of sp³-hybridized carbons (Fsp3) is 0.0159. The molecule has 0 spiro atoms. The molecule has 0 aliphatic heterocycles. The molecule has 304 valence electrons. The third-order valence-corrected chi connectivity index (χ3v) is 13.7. The molecule has 2 heteroatoms. The van der Waals surface area contributed by atoms with Crippen LogP contribution in [0.3, 0.4) is 0 Å². The molecule has 11 aromatic carbocycles. The van der Waals surface area contributed by atoms with E-state index in [0.29, 0.717) is 0 Å². The van der Waals surface area contributed by atoms with E-state index in [0.717, 1.165) is 50.5 Å². The topological polar surface area (TPSA) is 16.4 Å². The third kappa shape index (κ3) is 5.74. The highest BCUT2D eigenvalue weighted by Gasteiger charge is 2.46. The Bertz CT molecular complexity index is 3700. The molecule has 0 fully saturated rings. The summed E-state index contributed by atoms with van der Waals surface area (Å²) in [5, 5.41) is 7.18. The van der Waals surface area contributed by atoms with Gasteiger partial charge in [-0.1, -0.05) is 200 Å². The first-order chi connectivity index (χ1) is 32.2. The van der Waals surface area contributed by atoms with E-state index in [2.05, 4.69) is 254 Å². The lowest BCUT2D eigenvalue weighted by molar-refractivity contribution is 0.670. The van der Waals surface area contributed by atoms with E-state index in [9.17, 15) is 0 Å². The Morgan fingerprint density at radius 1 is 0.323 bits per heavy atom. The highest BCUT2D eigenvalue weighted by molar-refractivity contribution is 6.28. The molecule has 0 atom stereocenters. The van der Waals surface area contributed by atoms with Crippen LogP contribution in [0, 0.1) is 0 Å². The summed E-state index contributed by atoms with van der Waals surface area (Å²) >= 11 is 0. The van der Waals surface area contributed by atoms with Gasteiger partial charge in [-0.2, -0.15) is 0 Å². The second-order valence-corrected chi connectivity index (χ2v) is 17.2. The highest BCUT2D eigenvalue weighted by atomic mass is 16.3. The largest absolute Gasteiger partial charge is 0.455 e. The molecule has 13 rings (SSSR count). The van der Waals surface area contributed by atoms with Crippen molar-refractivity contribution in [1.82, 2.24) is 0 Å². The molecule has 0 amide bonds. The van der Waals surface area contributed by atoms with Gasteiger partial charge in [-0.05, 0) is 120 Å². The molecule has 1 heterocycles. The summed E-state index contributed by atoms with van der Waals surface area (Å²) in [4.78, 5) is 2.39. The minimum absolute atomic E-state index is 0.486. The molecule has 0 radical (unpaired) electrons. The van der Waals surface area contributed by atoms with Gasteiger partial charge in [0.2, 0.25) is 0 Å². The van der Waals surface area contributed by atoms with E-state index in [4.69, 9.17) is 4.42 Å². The molecule has 0 saturated heterocycles. The van der Waals surface area contributed by atoms with Crippen LogP contribution >= 0.6 is 0 Å². The standard InChI is InChI=1S/C63H41NO/c1-4-18-47(19-5-1)63(48-20-6-2-7-21-48)57-27-15-14-26-54(57)55-38-37-51(41-58(55)63)64(49-22-8-3-9-23-49)50-35-32-43(33-36-50)42-28-30-45(31-29-42)56-40-46-17-11-13-25-53(46)61-60-52-24-12-10-16-44(52)34-39-59(60)65-62(56)61/h1-41H. The molecular formula is C63H41NO. The maximum Gasteiger partial charge on any atom is 0.143 e. The van der Waals surface area contributed by atoms with Crippen LogP contribution in [0.25, 0.3) is 76.9 Å². The predicted molar refractivity (Wildman–Crippen MR) is 272 cm³/mol. The first kappa shape index (κ1) is 37.1. The second-order valence-electron chi connectivity index (χ2n) is 17.2. The zero-order chi connectivity index (χ0) is 42.9. The maximum atomic E-state index is 6.77. The fourth-order valence-electron chi connectivity index (χ4n) is 10.8. The van der Waals surface area contributed by atoms with Gasteiger partial charge in [0.05, 0.1) is 5.41 Å². The van der Waals surface area contributed by atoms with Crippen LogP contribution in [0.1, 0.15) is 22.3 Å². The van der Waals surface area contributed by atoms with Gasteiger partial charge in [-0.3, -0.25) is 0 Å². The maximum absolute atomic E-state index is 6.77. The number of hydrogen-bond donors (Lipinski definition) is 0. The Hall–Kier alpha value is -8.46. The van der Waals surface area contributed by atoms with Crippen LogP contribution in [0.15, 0.2) is 253 Å². The Kier molecular flexibility index (Phi) is 8.47. The summed E-state index contributed by atoms with van der Waals surface area (Å²) in [7, 11) is 0. The minimum atomic E-state index is -0.486. The van der Waals surface area contributed by atoms with Crippen molar-refractivity contribution in [3.63, 3.8) is 0 Å². The minimum Gasteiger partial charge on any atom is -0.455 e. The van der Waals surface area contributed by atoms with Gasteiger partial charge in [-0.25, -0.2) is 0 Å². The smallest absolute Gasteiger partial charge is 0.143 e. The van der Waals surface area contributed by atoms with Gasteiger partial charge in [0.25, 0.3) is 0 Å². The zero-order valence-electron chi connectivity index (χ0n) is 35.5. The van der Waals surface area contributed by atoms with E-state index in [1.807, 2.05) is 0 Å². The monoisotopic (exact) mass is 827 g/mol. The van der Waals surface area contributed by atoms with E-state index in [1.54, 1.807) is 0 Å². The first-order valence-electron chi connectivity index (χ1n) is 22.4. The number of benzene rings is 11. The van der Waals surface area contributed by atoms with Gasteiger partial charge < -0.3 is 9.32 Å². The lowest BCUT2D eigenvalue weighted by Gasteiger charge is -2.35. The Morgan fingerprint density at radius 3 is 1.55 bits per heavy atom. The average molecular weight is 828 g/mol. The van der Waals surface area contributed by atoms with Crippen LogP contribution < -0.4 is 4.90 Å². The summed E-state index contributed by atoms with van der Waals surface area (Å²) in [5.74, 6) is 0. The molecule has 2 nitrogen and oxygen atoms in total. The van der Waals surface area contributed by atoms with Crippen LogP contribution in [-0.2, 0) is 5.41 Å². The summed E-state index contributed by atoms with van der Waals surface area (Å²) < 4.78 is 6.77. The molecule has 1 aliphatic rings. The van der Waals surface area contributed by atoms with E-state index in [1.165, 1.54) is 65.7 Å². The van der Waals surface area contributed by atoms with Crippen molar-refractivity contribution in [3.8, 4) is 33.4 Å². The van der Waals surface area contributed by atoms with Crippen molar-refractivity contribution < 1.29 is 4.42 Å². The quantitative estimate of drug-likeness (QED) is 0.159. The summed E-state index contributed by atoms with van der Waals surface area (Å²) in [6.45, 7) is 0. The lowest BCUT2D eigenvalue weighted by atomic mass is 9.67. The van der Waals surface area contributed by atoms with E-state index >= 15 is 0 Å². The number of nitrogens with zero attached hydrogens (tertiary/aromatic N) is 1. The molecule has 0 N–H and O–H groups in total. The van der Waals surface area contributed by atoms with Crippen LogP contribution in [0.4, 0.5) is 17.1 Å². The number of hydrogen-bond acceptors (Lipinski definition) is 2. The SMILES string of the molecule is c1ccc(N(c2ccc(-c3ccc(-c4cc5ccccc5c5c4oc4ccc6ccccc6c45)cc3)cc2)c2ccc3c(c2)C(c2ccccc2)(c2ccccc2)c2ccccc2-3)cc1. The van der Waals surface area contributed by atoms with Crippen molar-refractivity contribution in [1.29, 1.82) is 0 Å². The molecule has 0 saturated carbocycles. The number of fused-ring (bicyclic) bond motifs is 10. The van der Waals surface area contributed by atoms with Crippen molar-refractivity contribution in [2.75, 3.05) is 4.90 Å². The summed E-state index contributed by atoms with van der Waals surface area (Å²) in [5.41, 5.74) is 16.8. The molecule has 1 aromatic heterocycles. The number of furan rings is 1. The van der Waals surface area contributed by atoms with E-state index in [-0.39, 0.29) is 0 Å². The number of para-hydroxylation sites is 1. The van der Waals surface area contributed by atoms with Crippen molar-refractivity contribution in [3.05, 3.63) is 271 Å². The molecule has 1 aliphatic carbocycles. The highest BCUT2D eigenvalue weighted by Crippen LogP contribution is 2.57. The fourth-order valence-corrected chi connectivity index (χ4v) is 10.8. The molecular weight excluding hydrogens is 787 g/mol. The predicted octanol–water partition coefficient (Wildman–Crippen LogP) is 17.1. The number of anilines is 3. The molecule has 65 heavy (non-hydrogen) atoms. The number of rotatable bonds is 7. The summed E-state index contributed by atoms with van der Waals surface area (Å²) in [6, 6.07) is 90.6. The van der Waals surface area contributed by atoms with Crippen LogP contribution in [0.2, 0.25) is 0 Å². The van der Waals surface area contributed by atoms with Gasteiger partial charge >= 0.3 is 0 Å².